The standard InChI is InChI=1S/C16H24O10.C8H12O6/c1-6-21-16(5)25-14-13(23-10(4)19)12(22-9(3)18)11(7-20-8(2)17)24-15(14)26-16;1-8-12-5-3(2-9)11-7(14-8)6(13-8)4(5)10/h11-15H,6-7H2,1-5H3;3-7,9-10H,2H2,1H3/t11?,12-,13+,14?,15-,16?;3?,4?,5-,6+,7-,8?/m11/s1. The van der Waals surface area contributed by atoms with Gasteiger partial charge in [0, 0.05) is 41.2 Å². The normalized spacial score (nSPS) is 44.7. The molecule has 0 radical (unpaired) electrons. The molecule has 5 aliphatic rings. The van der Waals surface area contributed by atoms with Crippen LogP contribution in [0.2, 0.25) is 0 Å². The molecule has 6 unspecified atom stereocenters. The van der Waals surface area contributed by atoms with E-state index >= 15 is 0 Å². The second-order valence-corrected chi connectivity index (χ2v) is 9.85. The molecular formula is C24H36O16. The van der Waals surface area contributed by atoms with Crippen LogP contribution in [0.25, 0.3) is 0 Å². The summed E-state index contributed by atoms with van der Waals surface area (Å²) in [5.41, 5.74) is 0. The lowest BCUT2D eigenvalue weighted by Crippen LogP contribution is -2.61. The van der Waals surface area contributed by atoms with Gasteiger partial charge in [-0.15, -0.1) is 0 Å². The molecule has 5 fully saturated rings. The maximum atomic E-state index is 11.6. The first-order valence-corrected chi connectivity index (χ1v) is 12.9. The number of fused-ring (bicyclic) bond motifs is 3. The van der Waals surface area contributed by atoms with Crippen molar-refractivity contribution in [2.75, 3.05) is 19.8 Å². The molecule has 228 valence electrons. The zero-order chi connectivity index (χ0) is 29.4. The summed E-state index contributed by atoms with van der Waals surface area (Å²) in [6.45, 7) is 8.47. The van der Waals surface area contributed by atoms with E-state index in [-0.39, 0.29) is 13.2 Å². The zero-order valence-corrected chi connectivity index (χ0v) is 23.0. The first-order valence-electron chi connectivity index (χ1n) is 12.9. The number of ether oxygens (including phenoxy) is 11. The van der Waals surface area contributed by atoms with E-state index in [1.807, 2.05) is 0 Å². The number of rotatable bonds is 7. The smallest absolute Gasteiger partial charge is 0.303 e. The predicted molar refractivity (Wildman–Crippen MR) is 123 cm³/mol. The van der Waals surface area contributed by atoms with Crippen LogP contribution in [0.1, 0.15) is 41.5 Å². The molecule has 5 aliphatic heterocycles. The third-order valence-electron chi connectivity index (χ3n) is 6.56. The summed E-state index contributed by atoms with van der Waals surface area (Å²) in [5, 5.41) is 18.8. The summed E-state index contributed by atoms with van der Waals surface area (Å²) < 4.78 is 59.6. The van der Waals surface area contributed by atoms with Crippen LogP contribution in [-0.2, 0) is 66.5 Å². The van der Waals surface area contributed by atoms with Gasteiger partial charge in [0.25, 0.3) is 11.9 Å². The lowest BCUT2D eigenvalue weighted by molar-refractivity contribution is -0.382. The van der Waals surface area contributed by atoms with Crippen LogP contribution in [0, 0.1) is 0 Å². The minimum absolute atomic E-state index is 0.204. The summed E-state index contributed by atoms with van der Waals surface area (Å²) in [6, 6.07) is 0. The molecule has 2 N–H and O–H groups in total. The average Bonchev–Trinajstić information content (AvgIpc) is 3.28. The lowest BCUT2D eigenvalue weighted by atomic mass is 9.98. The van der Waals surface area contributed by atoms with E-state index in [2.05, 4.69) is 0 Å². The molecule has 0 spiro atoms. The fourth-order valence-electron chi connectivity index (χ4n) is 5.10. The number of aliphatic hydroxyl groups is 2. The fraction of sp³-hybridized carbons (Fsp3) is 0.875. The summed E-state index contributed by atoms with van der Waals surface area (Å²) in [5.74, 6) is -4.31. The second kappa shape index (κ2) is 12.1. The lowest BCUT2D eigenvalue weighted by Gasteiger charge is -2.42. The highest BCUT2D eigenvalue weighted by atomic mass is 17.0. The van der Waals surface area contributed by atoms with Crippen molar-refractivity contribution < 1.29 is 76.7 Å². The summed E-state index contributed by atoms with van der Waals surface area (Å²) >= 11 is 0. The minimum atomic E-state index is -1.42. The van der Waals surface area contributed by atoms with E-state index in [0.717, 1.165) is 0 Å². The van der Waals surface area contributed by atoms with E-state index in [0.29, 0.717) is 6.61 Å². The summed E-state index contributed by atoms with van der Waals surface area (Å²) in [4.78, 5) is 34.2. The highest BCUT2D eigenvalue weighted by Crippen LogP contribution is 2.44. The monoisotopic (exact) mass is 580 g/mol. The molecule has 3 bridgehead atoms. The van der Waals surface area contributed by atoms with Crippen molar-refractivity contribution in [1.29, 1.82) is 0 Å². The number of hydrogen-bond donors (Lipinski definition) is 2. The van der Waals surface area contributed by atoms with Gasteiger partial charge in [-0.25, -0.2) is 0 Å². The molecule has 0 aromatic heterocycles. The Morgan fingerprint density at radius 2 is 1.38 bits per heavy atom. The highest BCUT2D eigenvalue weighted by molar-refractivity contribution is 5.68. The summed E-state index contributed by atoms with van der Waals surface area (Å²) in [7, 11) is 0. The van der Waals surface area contributed by atoms with Gasteiger partial charge in [0.2, 0.25) is 0 Å². The van der Waals surface area contributed by atoms with Crippen LogP contribution < -0.4 is 0 Å². The number of hydrogen-bond acceptors (Lipinski definition) is 16. The van der Waals surface area contributed by atoms with Crippen LogP contribution in [0.3, 0.4) is 0 Å². The van der Waals surface area contributed by atoms with Crippen LogP contribution in [0.4, 0.5) is 0 Å². The van der Waals surface area contributed by atoms with Gasteiger partial charge in [0.05, 0.1) is 6.61 Å². The number of aliphatic hydroxyl groups excluding tert-OH is 2. The topological polar surface area (TPSA) is 193 Å². The number of esters is 3. The van der Waals surface area contributed by atoms with Crippen LogP contribution in [0.15, 0.2) is 0 Å². The number of carbonyl (C=O) groups excluding carboxylic acids is 3. The Bertz CT molecular complexity index is 944. The van der Waals surface area contributed by atoms with E-state index in [4.69, 9.17) is 57.2 Å². The summed E-state index contributed by atoms with van der Waals surface area (Å²) in [6.07, 6.45) is -7.95. The van der Waals surface area contributed by atoms with Crippen molar-refractivity contribution in [3.05, 3.63) is 0 Å². The average molecular weight is 581 g/mol. The van der Waals surface area contributed by atoms with Gasteiger partial charge in [-0.2, -0.15) is 0 Å². The van der Waals surface area contributed by atoms with Crippen molar-refractivity contribution >= 4 is 17.9 Å². The third-order valence-corrected chi connectivity index (χ3v) is 6.56. The van der Waals surface area contributed by atoms with Gasteiger partial charge in [0.15, 0.2) is 30.9 Å². The Kier molecular flexibility index (Phi) is 9.35. The Hall–Kier alpha value is -1.99. The molecule has 16 heteroatoms. The van der Waals surface area contributed by atoms with Gasteiger partial charge in [-0.05, 0) is 6.92 Å². The Morgan fingerprint density at radius 3 is 1.98 bits per heavy atom. The maximum Gasteiger partial charge on any atom is 0.303 e. The van der Waals surface area contributed by atoms with Crippen molar-refractivity contribution in [2.45, 2.75) is 115 Å². The largest absolute Gasteiger partial charge is 0.463 e. The third kappa shape index (κ3) is 6.56. The molecule has 0 aromatic carbocycles. The Balaban J connectivity index is 0.000000219. The van der Waals surface area contributed by atoms with Crippen molar-refractivity contribution in [1.82, 2.24) is 0 Å². The van der Waals surface area contributed by atoms with Gasteiger partial charge >= 0.3 is 17.9 Å². The van der Waals surface area contributed by atoms with E-state index in [1.54, 1.807) is 20.8 Å². The molecule has 16 nitrogen and oxygen atoms in total. The zero-order valence-electron chi connectivity index (χ0n) is 23.0. The quantitative estimate of drug-likeness (QED) is 0.269. The molecule has 12 atom stereocenters. The molecule has 0 aliphatic carbocycles. The van der Waals surface area contributed by atoms with Crippen LogP contribution >= 0.6 is 0 Å². The second-order valence-electron chi connectivity index (χ2n) is 9.85. The van der Waals surface area contributed by atoms with Gasteiger partial charge in [0.1, 0.15) is 37.1 Å². The molecule has 40 heavy (non-hydrogen) atoms. The number of carbonyl (C=O) groups is 3. The molecule has 0 saturated carbocycles. The maximum absolute atomic E-state index is 11.6. The molecule has 5 rings (SSSR count). The van der Waals surface area contributed by atoms with Crippen molar-refractivity contribution in [2.24, 2.45) is 0 Å². The Labute approximate surface area is 229 Å². The molecular weight excluding hydrogens is 544 g/mol. The van der Waals surface area contributed by atoms with Gasteiger partial charge in [-0.3, -0.25) is 23.9 Å². The van der Waals surface area contributed by atoms with Crippen LogP contribution in [-0.4, -0.2) is 121 Å². The molecule has 5 saturated heterocycles. The van der Waals surface area contributed by atoms with Crippen LogP contribution in [0.5, 0.6) is 0 Å². The van der Waals surface area contributed by atoms with Gasteiger partial charge < -0.3 is 52.8 Å². The SMILES string of the molecule is CC12O[C@@H]3C(CO)O[C@H](O1)[C@@H](O2)C3O.CCOC1(C)OC2[C@H](OC(COC(C)=O)[C@@H](OC(C)=O)[C@@H]2OC(C)=O)O1. The van der Waals surface area contributed by atoms with E-state index < -0.39 is 91.3 Å². The van der Waals surface area contributed by atoms with Crippen molar-refractivity contribution in [3.63, 3.8) is 0 Å². The molecule has 0 aromatic rings. The minimum Gasteiger partial charge on any atom is -0.463 e. The first kappa shape index (κ1) is 31.0. The molecule has 0 amide bonds. The Morgan fingerprint density at radius 1 is 0.775 bits per heavy atom. The van der Waals surface area contributed by atoms with Gasteiger partial charge in [-0.1, -0.05) is 0 Å². The highest BCUT2D eigenvalue weighted by Gasteiger charge is 2.63. The predicted octanol–water partition coefficient (Wildman–Crippen LogP) is -1.18. The van der Waals surface area contributed by atoms with E-state index in [9.17, 15) is 19.5 Å². The van der Waals surface area contributed by atoms with E-state index in [1.165, 1.54) is 20.8 Å². The molecule has 5 heterocycles. The van der Waals surface area contributed by atoms with Crippen molar-refractivity contribution in [3.8, 4) is 0 Å². The first-order chi connectivity index (χ1) is 18.8. The fourth-order valence-corrected chi connectivity index (χ4v) is 5.10.